The van der Waals surface area contributed by atoms with Crippen LogP contribution < -0.4 is 10.2 Å². The highest BCUT2D eigenvalue weighted by molar-refractivity contribution is 6.09. The largest absolute Gasteiger partial charge is 0.360 e. The van der Waals surface area contributed by atoms with Crippen molar-refractivity contribution in [2.75, 3.05) is 18.9 Å². The molecule has 2 aromatic carbocycles. The smallest absolute Gasteiger partial charge is 0.279 e. The van der Waals surface area contributed by atoms with Crippen molar-refractivity contribution in [2.24, 2.45) is 0 Å². The van der Waals surface area contributed by atoms with Crippen molar-refractivity contribution in [3.63, 3.8) is 0 Å². The van der Waals surface area contributed by atoms with Crippen molar-refractivity contribution in [3.05, 3.63) is 65.4 Å². The van der Waals surface area contributed by atoms with Gasteiger partial charge in [0.25, 0.3) is 5.91 Å². The lowest BCUT2D eigenvalue weighted by Gasteiger charge is -2.20. The third-order valence-electron chi connectivity index (χ3n) is 5.17. The van der Waals surface area contributed by atoms with Crippen LogP contribution in [-0.2, 0) is 4.79 Å². The van der Waals surface area contributed by atoms with Crippen molar-refractivity contribution in [1.29, 1.82) is 0 Å². The number of benzene rings is 2. The Labute approximate surface area is 159 Å². The van der Waals surface area contributed by atoms with E-state index >= 15 is 0 Å². The lowest BCUT2D eigenvalue weighted by atomic mass is 10.0. The van der Waals surface area contributed by atoms with Crippen molar-refractivity contribution in [2.45, 2.75) is 26.8 Å². The summed E-state index contributed by atoms with van der Waals surface area (Å²) in [7, 11) is 1.88. The number of rotatable bonds is 6. The molecule has 27 heavy (non-hydrogen) atoms. The summed E-state index contributed by atoms with van der Waals surface area (Å²) >= 11 is 0. The van der Waals surface area contributed by atoms with Gasteiger partial charge in [0.05, 0.1) is 7.05 Å². The van der Waals surface area contributed by atoms with Crippen LogP contribution in [0.1, 0.15) is 28.4 Å². The zero-order valence-corrected chi connectivity index (χ0v) is 16.2. The summed E-state index contributed by atoms with van der Waals surface area (Å²) in [5.74, 6) is -0.0618. The van der Waals surface area contributed by atoms with E-state index in [-0.39, 0.29) is 24.3 Å². The average molecular weight is 364 g/mol. The SMILES string of the molecule is Cc1cccc(C)c1NC(=O)C[NH+](C)[C@H](C)C(=O)c1c[nH]c2ccccc12. The Morgan fingerprint density at radius 2 is 1.74 bits per heavy atom. The van der Waals surface area contributed by atoms with E-state index in [2.05, 4.69) is 10.3 Å². The van der Waals surface area contributed by atoms with Crippen molar-refractivity contribution >= 4 is 28.3 Å². The number of hydrogen-bond acceptors (Lipinski definition) is 2. The first-order chi connectivity index (χ1) is 12.9. The number of ketones is 1. The number of quaternary nitrogens is 1. The Morgan fingerprint density at radius 3 is 2.44 bits per heavy atom. The first-order valence-electron chi connectivity index (χ1n) is 9.17. The number of H-pyrrole nitrogens is 1. The molecule has 0 aliphatic rings. The molecule has 0 bridgehead atoms. The summed E-state index contributed by atoms with van der Waals surface area (Å²) in [5.41, 5.74) is 4.53. The highest BCUT2D eigenvalue weighted by atomic mass is 16.2. The van der Waals surface area contributed by atoms with Crippen LogP contribution >= 0.6 is 0 Å². The van der Waals surface area contributed by atoms with Gasteiger partial charge in [-0.05, 0) is 38.0 Å². The topological polar surface area (TPSA) is 66.4 Å². The molecule has 1 aromatic heterocycles. The van der Waals surface area contributed by atoms with E-state index < -0.39 is 0 Å². The highest BCUT2D eigenvalue weighted by Crippen LogP contribution is 2.20. The Hall–Kier alpha value is -2.92. The molecule has 1 amide bonds. The summed E-state index contributed by atoms with van der Waals surface area (Å²) in [4.78, 5) is 29.4. The Bertz CT molecular complexity index is 970. The van der Waals surface area contributed by atoms with Crippen LogP contribution in [0.3, 0.4) is 0 Å². The van der Waals surface area contributed by atoms with Gasteiger partial charge in [-0.1, -0.05) is 36.4 Å². The standard InChI is InChI=1S/C22H25N3O2/c1-14-8-7-9-15(2)21(14)24-20(26)13-25(4)16(3)22(27)18-12-23-19-11-6-5-10-17(18)19/h5-12,16,23H,13H2,1-4H3,(H,24,26)/p+1/t16-/m1/s1. The van der Waals surface area contributed by atoms with E-state index in [0.717, 1.165) is 32.6 Å². The van der Waals surface area contributed by atoms with E-state index in [1.807, 2.05) is 70.3 Å². The Morgan fingerprint density at radius 1 is 1.07 bits per heavy atom. The number of aromatic amines is 1. The van der Waals surface area contributed by atoms with Crippen molar-refractivity contribution in [3.8, 4) is 0 Å². The van der Waals surface area contributed by atoms with Gasteiger partial charge in [0.2, 0.25) is 5.78 Å². The quantitative estimate of drug-likeness (QED) is 0.589. The van der Waals surface area contributed by atoms with Crippen LogP contribution in [0.25, 0.3) is 10.9 Å². The number of carbonyl (C=O) groups is 2. The van der Waals surface area contributed by atoms with Crippen LogP contribution in [0.4, 0.5) is 5.69 Å². The van der Waals surface area contributed by atoms with Crippen LogP contribution in [0, 0.1) is 13.8 Å². The molecular formula is C22H26N3O2+. The van der Waals surface area contributed by atoms with Gasteiger partial charge < -0.3 is 15.2 Å². The van der Waals surface area contributed by atoms with Gasteiger partial charge in [-0.2, -0.15) is 0 Å². The Balaban J connectivity index is 1.69. The fourth-order valence-corrected chi connectivity index (χ4v) is 3.33. The maximum atomic E-state index is 12.9. The minimum absolute atomic E-state index is 0.0322. The molecule has 3 aromatic rings. The molecule has 3 N–H and O–H groups in total. The van der Waals surface area contributed by atoms with Crippen molar-refractivity contribution < 1.29 is 14.5 Å². The number of fused-ring (bicyclic) bond motifs is 1. The molecule has 0 fully saturated rings. The molecule has 140 valence electrons. The highest BCUT2D eigenvalue weighted by Gasteiger charge is 2.27. The molecule has 0 aliphatic heterocycles. The number of likely N-dealkylation sites (N-methyl/N-ethyl adjacent to an activating group) is 1. The first-order valence-corrected chi connectivity index (χ1v) is 9.17. The van der Waals surface area contributed by atoms with E-state index in [1.165, 1.54) is 0 Å². The molecular weight excluding hydrogens is 338 g/mol. The van der Waals surface area contributed by atoms with Crippen LogP contribution in [0.2, 0.25) is 0 Å². The lowest BCUT2D eigenvalue weighted by molar-refractivity contribution is -0.885. The second-order valence-corrected chi connectivity index (χ2v) is 7.17. The normalized spacial score (nSPS) is 13.3. The average Bonchev–Trinajstić information content (AvgIpc) is 3.07. The lowest BCUT2D eigenvalue weighted by Crippen LogP contribution is -3.14. The van der Waals surface area contributed by atoms with Gasteiger partial charge in [0.1, 0.15) is 6.04 Å². The van der Waals surface area contributed by atoms with E-state index in [1.54, 1.807) is 6.20 Å². The first kappa shape index (κ1) is 18.9. The number of carbonyl (C=O) groups excluding carboxylic acids is 2. The number of Topliss-reactive ketones (excluding diaryl/α,β-unsaturated/α-hetero) is 1. The summed E-state index contributed by atoms with van der Waals surface area (Å²) < 4.78 is 0. The molecule has 0 aliphatic carbocycles. The second kappa shape index (κ2) is 7.76. The monoisotopic (exact) mass is 364 g/mol. The molecule has 1 unspecified atom stereocenters. The number of hydrogen-bond donors (Lipinski definition) is 3. The molecule has 5 heteroatoms. The fraction of sp³-hybridized carbons (Fsp3) is 0.273. The molecule has 3 rings (SSSR count). The number of nitrogens with one attached hydrogen (secondary N) is 3. The molecule has 5 nitrogen and oxygen atoms in total. The minimum Gasteiger partial charge on any atom is -0.360 e. The number of amides is 1. The van der Waals surface area contributed by atoms with Gasteiger partial charge in [0.15, 0.2) is 6.54 Å². The summed E-state index contributed by atoms with van der Waals surface area (Å²) in [6.45, 7) is 6.04. The molecule has 2 atom stereocenters. The van der Waals surface area contributed by atoms with Crippen molar-refractivity contribution in [1.82, 2.24) is 4.98 Å². The molecule has 1 heterocycles. The predicted octanol–water partition coefficient (Wildman–Crippen LogP) is 2.51. The molecule has 0 spiro atoms. The molecule has 0 saturated heterocycles. The van der Waals surface area contributed by atoms with Gasteiger partial charge in [-0.25, -0.2) is 0 Å². The second-order valence-electron chi connectivity index (χ2n) is 7.17. The number of anilines is 1. The van der Waals surface area contributed by atoms with E-state index in [4.69, 9.17) is 0 Å². The number of aromatic nitrogens is 1. The molecule has 0 radical (unpaired) electrons. The van der Waals surface area contributed by atoms with Crippen LogP contribution in [0.5, 0.6) is 0 Å². The summed E-state index contributed by atoms with van der Waals surface area (Å²) in [6, 6.07) is 13.3. The van der Waals surface area contributed by atoms with Gasteiger partial charge >= 0.3 is 0 Å². The van der Waals surface area contributed by atoms with Gasteiger partial charge in [-0.3, -0.25) is 9.59 Å². The van der Waals surface area contributed by atoms with Crippen LogP contribution in [-0.4, -0.2) is 36.3 Å². The van der Waals surface area contributed by atoms with Crippen LogP contribution in [0.15, 0.2) is 48.7 Å². The minimum atomic E-state index is -0.326. The van der Waals surface area contributed by atoms with E-state index in [0.29, 0.717) is 5.56 Å². The maximum absolute atomic E-state index is 12.9. The third-order valence-corrected chi connectivity index (χ3v) is 5.17. The van der Waals surface area contributed by atoms with Gasteiger partial charge in [-0.15, -0.1) is 0 Å². The summed E-state index contributed by atoms with van der Waals surface area (Å²) in [6.07, 6.45) is 1.76. The fourth-order valence-electron chi connectivity index (χ4n) is 3.33. The number of aryl methyl sites for hydroxylation is 2. The van der Waals surface area contributed by atoms with Gasteiger partial charge in [0, 0.05) is 28.4 Å². The Kier molecular flexibility index (Phi) is 5.42. The third kappa shape index (κ3) is 3.93. The zero-order chi connectivity index (χ0) is 19.6. The summed E-state index contributed by atoms with van der Waals surface area (Å²) in [5, 5.41) is 3.91. The number of para-hydroxylation sites is 2. The molecule has 0 saturated carbocycles. The zero-order valence-electron chi connectivity index (χ0n) is 16.2. The predicted molar refractivity (Wildman–Crippen MR) is 108 cm³/mol. The van der Waals surface area contributed by atoms with E-state index in [9.17, 15) is 9.59 Å². The maximum Gasteiger partial charge on any atom is 0.279 e.